The van der Waals surface area contributed by atoms with E-state index in [0.717, 1.165) is 16.8 Å². The molecule has 194 valence electrons. The van der Waals surface area contributed by atoms with Crippen molar-refractivity contribution in [1.29, 1.82) is 0 Å². The number of carbonyl (C=O) groups is 1. The van der Waals surface area contributed by atoms with Crippen molar-refractivity contribution in [3.8, 4) is 11.3 Å². The van der Waals surface area contributed by atoms with Crippen molar-refractivity contribution in [1.82, 2.24) is 29.4 Å². The molecule has 0 aliphatic heterocycles. The normalized spacial score (nSPS) is 13.3. The number of rotatable bonds is 10. The van der Waals surface area contributed by atoms with Crippen molar-refractivity contribution in [2.75, 3.05) is 13.1 Å². The molecule has 2 N–H and O–H groups in total. The van der Waals surface area contributed by atoms with Crippen LogP contribution in [0, 0.1) is 5.41 Å². The van der Waals surface area contributed by atoms with Gasteiger partial charge in [-0.3, -0.25) is 4.79 Å². The highest BCUT2D eigenvalue weighted by atomic mass is 19.1. The van der Waals surface area contributed by atoms with Crippen molar-refractivity contribution in [3.63, 3.8) is 0 Å². The highest BCUT2D eigenvalue weighted by Crippen LogP contribution is 2.39. The van der Waals surface area contributed by atoms with Gasteiger partial charge in [-0.2, -0.15) is 15.0 Å². The number of nitrogens with zero attached hydrogens (tertiary/aromatic N) is 6. The van der Waals surface area contributed by atoms with Crippen LogP contribution in [-0.4, -0.2) is 54.6 Å². The molecule has 1 amide bonds. The zero-order chi connectivity index (χ0) is 26.4. The molecule has 0 aliphatic rings. The Morgan fingerprint density at radius 2 is 1.65 bits per heavy atom. The molecule has 9 heteroatoms. The Bertz CT molecular complexity index is 1270. The number of alkyl halides is 1. The van der Waals surface area contributed by atoms with E-state index >= 15 is 0 Å². The molecule has 0 fully saturated rings. The molecule has 2 atom stereocenters. The molecule has 0 saturated heterocycles. The van der Waals surface area contributed by atoms with E-state index in [4.69, 9.17) is 10.7 Å². The van der Waals surface area contributed by atoms with Gasteiger partial charge in [0.2, 0.25) is 5.91 Å². The van der Waals surface area contributed by atoms with Crippen molar-refractivity contribution < 1.29 is 9.18 Å². The van der Waals surface area contributed by atoms with Crippen molar-refractivity contribution >= 4 is 5.91 Å². The van der Waals surface area contributed by atoms with Crippen LogP contribution in [0.25, 0.3) is 11.3 Å². The predicted molar refractivity (Wildman–Crippen MR) is 141 cm³/mol. The Morgan fingerprint density at radius 3 is 2.24 bits per heavy atom. The van der Waals surface area contributed by atoms with Crippen LogP contribution in [0.4, 0.5) is 4.39 Å². The van der Waals surface area contributed by atoms with E-state index in [9.17, 15) is 9.18 Å². The first-order valence-electron chi connectivity index (χ1n) is 12.4. The second kappa shape index (κ2) is 11.5. The summed E-state index contributed by atoms with van der Waals surface area (Å²) >= 11 is 0. The number of amides is 1. The maximum Gasteiger partial charge on any atom is 0.246 e. The van der Waals surface area contributed by atoms with Crippen molar-refractivity contribution in [2.45, 2.75) is 46.1 Å². The molecule has 0 bridgehead atoms. The van der Waals surface area contributed by atoms with Gasteiger partial charge in [0, 0.05) is 24.8 Å². The summed E-state index contributed by atoms with van der Waals surface area (Å²) in [5, 5.41) is 8.14. The Labute approximate surface area is 216 Å². The second-order valence-corrected chi connectivity index (χ2v) is 10.2. The monoisotopic (exact) mass is 503 g/mol. The number of aromatic nitrogens is 5. The standard InChI is InChI=1S/C28H34FN7O/c1-28(2,3)26(35(18-23(29)16-30)25(37)20-36-31-14-15-32-36)27-33-24(22-12-8-5-9-13-22)19-34(27)17-21-10-6-4-7-11-21/h4-15,19,23,26H,16-18,20,30H2,1-3H3/t23-,26+/m1/s1. The number of nitrogens with two attached hydrogens (primary N) is 1. The zero-order valence-corrected chi connectivity index (χ0v) is 21.5. The SMILES string of the molecule is CC(C)(C)[C@H](c1nc(-c2ccccc2)cn1Cc1ccccc1)N(C[C@H](F)CN)C(=O)Cn1nccn1. The molecule has 2 heterocycles. The fourth-order valence-corrected chi connectivity index (χ4v) is 4.47. The summed E-state index contributed by atoms with van der Waals surface area (Å²) in [7, 11) is 0. The zero-order valence-electron chi connectivity index (χ0n) is 21.5. The van der Waals surface area contributed by atoms with Gasteiger partial charge in [0.25, 0.3) is 0 Å². The van der Waals surface area contributed by atoms with Gasteiger partial charge in [0.05, 0.1) is 30.7 Å². The highest BCUT2D eigenvalue weighted by Gasteiger charge is 2.39. The molecule has 37 heavy (non-hydrogen) atoms. The van der Waals surface area contributed by atoms with Crippen LogP contribution in [-0.2, 0) is 17.9 Å². The first kappa shape index (κ1) is 26.2. The number of hydrogen-bond acceptors (Lipinski definition) is 5. The highest BCUT2D eigenvalue weighted by molar-refractivity contribution is 5.76. The lowest BCUT2D eigenvalue weighted by atomic mass is 9.84. The van der Waals surface area contributed by atoms with Crippen LogP contribution in [0.3, 0.4) is 0 Å². The molecule has 0 spiro atoms. The van der Waals surface area contributed by atoms with Gasteiger partial charge in [0.1, 0.15) is 18.5 Å². The van der Waals surface area contributed by atoms with Gasteiger partial charge in [-0.15, -0.1) is 0 Å². The number of halogens is 1. The Morgan fingerprint density at radius 1 is 1.03 bits per heavy atom. The summed E-state index contributed by atoms with van der Waals surface area (Å²) in [6.07, 6.45) is 3.64. The first-order valence-corrected chi connectivity index (χ1v) is 12.4. The van der Waals surface area contributed by atoms with Crippen LogP contribution in [0.2, 0.25) is 0 Å². The Balaban J connectivity index is 1.83. The summed E-state index contributed by atoms with van der Waals surface area (Å²) in [6, 6.07) is 19.4. The van der Waals surface area contributed by atoms with Crippen LogP contribution in [0.5, 0.6) is 0 Å². The van der Waals surface area contributed by atoms with Gasteiger partial charge in [-0.05, 0) is 11.0 Å². The van der Waals surface area contributed by atoms with Crippen molar-refractivity contribution in [3.05, 3.63) is 90.6 Å². The van der Waals surface area contributed by atoms with E-state index in [2.05, 4.69) is 26.9 Å². The summed E-state index contributed by atoms with van der Waals surface area (Å²) in [6.45, 7) is 6.20. The lowest BCUT2D eigenvalue weighted by Gasteiger charge is -2.40. The lowest BCUT2D eigenvalue weighted by Crippen LogP contribution is -2.47. The summed E-state index contributed by atoms with van der Waals surface area (Å²) in [4.78, 5) is 21.6. The Kier molecular flexibility index (Phi) is 8.13. The quantitative estimate of drug-likeness (QED) is 0.352. The topological polar surface area (TPSA) is 94.9 Å². The maximum atomic E-state index is 14.8. The van der Waals surface area contributed by atoms with Gasteiger partial charge >= 0.3 is 0 Å². The number of hydrogen-bond donors (Lipinski definition) is 1. The number of imidazole rings is 1. The minimum absolute atomic E-state index is 0.109. The molecule has 4 rings (SSSR count). The molecule has 2 aromatic carbocycles. The fraction of sp³-hybridized carbons (Fsp3) is 0.357. The third-order valence-corrected chi connectivity index (χ3v) is 6.16. The van der Waals surface area contributed by atoms with E-state index in [-0.39, 0.29) is 25.5 Å². The molecule has 0 unspecified atom stereocenters. The molecule has 4 aromatic rings. The number of benzene rings is 2. The van der Waals surface area contributed by atoms with E-state index < -0.39 is 17.6 Å². The molecular formula is C28H34FN7O. The fourth-order valence-electron chi connectivity index (χ4n) is 4.47. The summed E-state index contributed by atoms with van der Waals surface area (Å²) in [5.74, 6) is 0.379. The Hall–Kier alpha value is -3.85. The largest absolute Gasteiger partial charge is 0.328 e. The molecular weight excluding hydrogens is 469 g/mol. The van der Waals surface area contributed by atoms with Crippen LogP contribution < -0.4 is 5.73 Å². The van der Waals surface area contributed by atoms with Crippen molar-refractivity contribution in [2.24, 2.45) is 11.1 Å². The van der Waals surface area contributed by atoms with E-state index in [1.165, 1.54) is 17.2 Å². The van der Waals surface area contributed by atoms with Gasteiger partial charge in [-0.1, -0.05) is 81.4 Å². The van der Waals surface area contributed by atoms with Crippen LogP contribution >= 0.6 is 0 Å². The molecule has 0 aliphatic carbocycles. The number of carbonyl (C=O) groups excluding carboxylic acids is 1. The summed E-state index contributed by atoms with van der Waals surface area (Å²) < 4.78 is 16.9. The maximum absolute atomic E-state index is 14.8. The minimum atomic E-state index is -1.38. The third-order valence-electron chi connectivity index (χ3n) is 6.16. The average Bonchev–Trinajstić information content (AvgIpc) is 3.54. The molecule has 0 radical (unpaired) electrons. The molecule has 0 saturated carbocycles. The minimum Gasteiger partial charge on any atom is -0.328 e. The van der Waals surface area contributed by atoms with Crippen LogP contribution in [0.1, 0.15) is 38.2 Å². The second-order valence-electron chi connectivity index (χ2n) is 10.2. The van der Waals surface area contributed by atoms with E-state index in [1.807, 2.05) is 75.5 Å². The van der Waals surface area contributed by atoms with E-state index in [0.29, 0.717) is 12.4 Å². The smallest absolute Gasteiger partial charge is 0.246 e. The van der Waals surface area contributed by atoms with Gasteiger partial charge in [0.15, 0.2) is 0 Å². The third kappa shape index (κ3) is 6.48. The predicted octanol–water partition coefficient (Wildman–Crippen LogP) is 4.10. The first-order chi connectivity index (χ1) is 17.8. The molecule has 8 nitrogen and oxygen atoms in total. The molecule has 2 aromatic heterocycles. The summed E-state index contributed by atoms with van der Waals surface area (Å²) in [5.41, 5.74) is 8.03. The lowest BCUT2D eigenvalue weighted by molar-refractivity contribution is -0.138. The van der Waals surface area contributed by atoms with Gasteiger partial charge < -0.3 is 15.2 Å². The van der Waals surface area contributed by atoms with Crippen LogP contribution in [0.15, 0.2) is 79.3 Å². The average molecular weight is 504 g/mol. The van der Waals surface area contributed by atoms with Gasteiger partial charge in [-0.25, -0.2) is 9.37 Å². The van der Waals surface area contributed by atoms with E-state index in [1.54, 1.807) is 4.90 Å².